The lowest BCUT2D eigenvalue weighted by molar-refractivity contribution is -0.138. The van der Waals surface area contributed by atoms with E-state index in [0.717, 1.165) is 29.2 Å². The van der Waals surface area contributed by atoms with E-state index < -0.39 is 12.0 Å². The van der Waals surface area contributed by atoms with Crippen LogP contribution in [0.5, 0.6) is 0 Å². The van der Waals surface area contributed by atoms with Crippen LogP contribution in [0.3, 0.4) is 0 Å². The summed E-state index contributed by atoms with van der Waals surface area (Å²) >= 11 is 1.84. The number of benzene rings is 1. The van der Waals surface area contributed by atoms with Crippen LogP contribution in [0, 0.1) is 0 Å². The maximum Gasteiger partial charge on any atom is 0.327 e. The van der Waals surface area contributed by atoms with Gasteiger partial charge >= 0.3 is 12.0 Å². The summed E-state index contributed by atoms with van der Waals surface area (Å²) in [6, 6.07) is 6.51. The summed E-state index contributed by atoms with van der Waals surface area (Å²) in [6.45, 7) is 1.39. The standard InChI is InChI=1S/C15H18N2O3S/c18-14(19)13-10-11-4-1-2-5-12(11)17(13)15(20)16-6-3-8-21-9-7-16/h1-2,4-5,13H,3,6-10H2,(H,18,19)/t13-/m0/s1. The normalized spacial score (nSPS) is 21.8. The van der Waals surface area contributed by atoms with Crippen LogP contribution in [0.25, 0.3) is 0 Å². The fourth-order valence-electron chi connectivity index (χ4n) is 2.91. The van der Waals surface area contributed by atoms with Gasteiger partial charge in [-0.2, -0.15) is 11.8 Å². The third-order valence-corrected chi connectivity index (χ3v) is 5.01. The number of carbonyl (C=O) groups is 2. The third kappa shape index (κ3) is 2.72. The van der Waals surface area contributed by atoms with Crippen molar-refractivity contribution >= 4 is 29.4 Å². The summed E-state index contributed by atoms with van der Waals surface area (Å²) in [4.78, 5) is 27.6. The Kier molecular flexibility index (Phi) is 4.05. The van der Waals surface area contributed by atoms with E-state index in [9.17, 15) is 14.7 Å². The maximum atomic E-state index is 12.8. The number of rotatable bonds is 1. The van der Waals surface area contributed by atoms with Crippen molar-refractivity contribution in [3.8, 4) is 0 Å². The highest BCUT2D eigenvalue weighted by Gasteiger charge is 2.40. The predicted molar refractivity (Wildman–Crippen MR) is 83.0 cm³/mol. The number of nitrogens with zero attached hydrogens (tertiary/aromatic N) is 2. The van der Waals surface area contributed by atoms with Crippen LogP contribution in [-0.4, -0.2) is 52.6 Å². The molecule has 112 valence electrons. The number of carboxylic acid groups (broad SMARTS) is 1. The number of urea groups is 1. The molecule has 0 bridgehead atoms. The Hall–Kier alpha value is -1.69. The van der Waals surface area contributed by atoms with E-state index in [2.05, 4.69) is 0 Å². The minimum Gasteiger partial charge on any atom is -0.480 e. The average molecular weight is 306 g/mol. The van der Waals surface area contributed by atoms with Gasteiger partial charge in [0.25, 0.3) is 0 Å². The van der Waals surface area contributed by atoms with E-state index in [0.29, 0.717) is 19.5 Å². The molecule has 2 aliphatic rings. The lowest BCUT2D eigenvalue weighted by Crippen LogP contribution is -2.50. The molecular formula is C15H18N2O3S. The fourth-order valence-corrected chi connectivity index (χ4v) is 3.80. The summed E-state index contributed by atoms with van der Waals surface area (Å²) in [5, 5.41) is 9.44. The van der Waals surface area contributed by atoms with E-state index in [1.807, 2.05) is 36.0 Å². The Bertz CT molecular complexity index is 556. The summed E-state index contributed by atoms with van der Waals surface area (Å²) in [5.74, 6) is 1.03. The fraction of sp³-hybridized carbons (Fsp3) is 0.467. The maximum absolute atomic E-state index is 12.8. The van der Waals surface area contributed by atoms with Crippen molar-refractivity contribution in [2.45, 2.75) is 18.9 Å². The van der Waals surface area contributed by atoms with Gasteiger partial charge in [-0.3, -0.25) is 4.90 Å². The Labute approximate surface area is 127 Å². The SMILES string of the molecule is O=C(O)[C@@H]1Cc2ccccc2N1C(=O)N1CCCSCC1. The second-order valence-corrected chi connectivity index (χ2v) is 6.52. The molecule has 5 nitrogen and oxygen atoms in total. The zero-order valence-electron chi connectivity index (χ0n) is 11.7. The molecule has 0 unspecified atom stereocenters. The molecule has 21 heavy (non-hydrogen) atoms. The summed E-state index contributed by atoms with van der Waals surface area (Å²) < 4.78 is 0. The highest BCUT2D eigenvalue weighted by Crippen LogP contribution is 2.33. The number of thioether (sulfide) groups is 1. The monoisotopic (exact) mass is 306 g/mol. The number of carboxylic acids is 1. The van der Waals surface area contributed by atoms with Gasteiger partial charge in [0.1, 0.15) is 6.04 Å². The molecule has 6 heteroatoms. The number of anilines is 1. The van der Waals surface area contributed by atoms with Gasteiger partial charge in [-0.05, 0) is 23.8 Å². The first-order valence-corrected chi connectivity index (χ1v) is 8.30. The Balaban J connectivity index is 1.89. The van der Waals surface area contributed by atoms with Gasteiger partial charge in [0, 0.05) is 31.0 Å². The number of amides is 2. The van der Waals surface area contributed by atoms with Crippen molar-refractivity contribution in [1.29, 1.82) is 0 Å². The van der Waals surface area contributed by atoms with E-state index in [-0.39, 0.29) is 6.03 Å². The number of hydrogen-bond donors (Lipinski definition) is 1. The van der Waals surface area contributed by atoms with Gasteiger partial charge in [0.15, 0.2) is 0 Å². The van der Waals surface area contributed by atoms with Crippen molar-refractivity contribution in [2.24, 2.45) is 0 Å². The first kappa shape index (κ1) is 14.3. The molecule has 0 aliphatic carbocycles. The zero-order valence-corrected chi connectivity index (χ0v) is 12.5. The summed E-state index contributed by atoms with van der Waals surface area (Å²) in [5.41, 5.74) is 1.68. The Morgan fingerprint density at radius 3 is 2.81 bits per heavy atom. The van der Waals surface area contributed by atoms with Gasteiger partial charge in [0.2, 0.25) is 0 Å². The zero-order chi connectivity index (χ0) is 14.8. The molecule has 0 saturated carbocycles. The molecule has 1 saturated heterocycles. The van der Waals surface area contributed by atoms with Crippen LogP contribution >= 0.6 is 11.8 Å². The van der Waals surface area contributed by atoms with Crippen molar-refractivity contribution in [3.63, 3.8) is 0 Å². The van der Waals surface area contributed by atoms with Gasteiger partial charge in [-0.15, -0.1) is 0 Å². The molecule has 0 spiro atoms. The molecule has 1 atom stereocenters. The molecule has 3 rings (SSSR count). The highest BCUT2D eigenvalue weighted by atomic mass is 32.2. The smallest absolute Gasteiger partial charge is 0.327 e. The topological polar surface area (TPSA) is 60.9 Å². The van der Waals surface area contributed by atoms with Gasteiger partial charge in [-0.1, -0.05) is 18.2 Å². The molecule has 2 amide bonds. The number of carbonyl (C=O) groups excluding carboxylic acids is 1. The number of fused-ring (bicyclic) bond motifs is 1. The highest BCUT2D eigenvalue weighted by molar-refractivity contribution is 7.99. The second-order valence-electron chi connectivity index (χ2n) is 5.29. The molecule has 1 aromatic rings. The van der Waals surface area contributed by atoms with Gasteiger partial charge in [0.05, 0.1) is 0 Å². The molecular weight excluding hydrogens is 288 g/mol. The van der Waals surface area contributed by atoms with Crippen LogP contribution in [0.4, 0.5) is 10.5 Å². The van der Waals surface area contributed by atoms with Crippen LogP contribution in [0.1, 0.15) is 12.0 Å². The van der Waals surface area contributed by atoms with Gasteiger partial charge in [-0.25, -0.2) is 9.59 Å². The van der Waals surface area contributed by atoms with Crippen molar-refractivity contribution < 1.29 is 14.7 Å². The first-order chi connectivity index (χ1) is 10.2. The molecule has 0 aromatic heterocycles. The quantitative estimate of drug-likeness (QED) is 0.863. The summed E-state index contributed by atoms with van der Waals surface area (Å²) in [7, 11) is 0. The molecule has 1 aromatic carbocycles. The number of aliphatic carboxylic acids is 1. The van der Waals surface area contributed by atoms with E-state index in [1.54, 1.807) is 4.90 Å². The van der Waals surface area contributed by atoms with Gasteiger partial charge < -0.3 is 10.0 Å². The average Bonchev–Trinajstić information content (AvgIpc) is 2.67. The van der Waals surface area contributed by atoms with Crippen molar-refractivity contribution in [3.05, 3.63) is 29.8 Å². The second kappa shape index (κ2) is 5.97. The Morgan fingerprint density at radius 1 is 1.19 bits per heavy atom. The summed E-state index contributed by atoms with van der Waals surface area (Å²) in [6.07, 6.45) is 1.35. The van der Waals surface area contributed by atoms with Crippen LogP contribution in [-0.2, 0) is 11.2 Å². The first-order valence-electron chi connectivity index (χ1n) is 7.15. The van der Waals surface area contributed by atoms with E-state index in [1.165, 1.54) is 4.90 Å². The van der Waals surface area contributed by atoms with E-state index in [4.69, 9.17) is 0 Å². The van der Waals surface area contributed by atoms with Crippen LogP contribution in [0.15, 0.2) is 24.3 Å². The van der Waals surface area contributed by atoms with E-state index >= 15 is 0 Å². The lowest BCUT2D eigenvalue weighted by Gasteiger charge is -2.29. The predicted octanol–water partition coefficient (Wildman–Crippen LogP) is 2.06. The minimum absolute atomic E-state index is 0.171. The molecule has 0 radical (unpaired) electrons. The molecule has 2 heterocycles. The minimum atomic E-state index is -0.941. The third-order valence-electron chi connectivity index (χ3n) is 3.96. The molecule has 2 aliphatic heterocycles. The number of para-hydroxylation sites is 1. The van der Waals surface area contributed by atoms with Crippen molar-refractivity contribution in [1.82, 2.24) is 4.90 Å². The van der Waals surface area contributed by atoms with Crippen LogP contribution < -0.4 is 4.90 Å². The largest absolute Gasteiger partial charge is 0.480 e. The number of hydrogen-bond acceptors (Lipinski definition) is 3. The lowest BCUT2D eigenvalue weighted by atomic mass is 10.1. The molecule has 1 fully saturated rings. The Morgan fingerprint density at radius 2 is 2.00 bits per heavy atom. The van der Waals surface area contributed by atoms with Crippen LogP contribution in [0.2, 0.25) is 0 Å². The van der Waals surface area contributed by atoms with Crippen molar-refractivity contribution in [2.75, 3.05) is 29.5 Å². The molecule has 1 N–H and O–H groups in total.